The van der Waals surface area contributed by atoms with E-state index in [1.165, 1.54) is 38.9 Å². The number of nitrogens with zero attached hydrogens (tertiary/aromatic N) is 2. The maximum absolute atomic E-state index is 8.37. The molecule has 1 heterocycles. The molecule has 74 valence electrons. The van der Waals surface area contributed by atoms with Crippen LogP contribution < -0.4 is 0 Å². The Balaban J connectivity index is 2.00. The second-order valence-corrected chi connectivity index (χ2v) is 4.14. The zero-order chi connectivity index (χ0) is 9.52. The molecule has 0 unspecified atom stereocenters. The minimum atomic E-state index is 0.726. The van der Waals surface area contributed by atoms with Crippen molar-refractivity contribution in [2.75, 3.05) is 19.6 Å². The summed E-state index contributed by atoms with van der Waals surface area (Å²) < 4.78 is 0. The average Bonchev–Trinajstić information content (AvgIpc) is 2.15. The Morgan fingerprint density at radius 2 is 2.00 bits per heavy atom. The van der Waals surface area contributed by atoms with E-state index in [0.717, 1.165) is 18.8 Å². The summed E-state index contributed by atoms with van der Waals surface area (Å²) in [5, 5.41) is 8.37. The third-order valence-electron chi connectivity index (χ3n) is 2.89. The molecule has 0 aromatic heterocycles. The quantitative estimate of drug-likeness (QED) is 0.621. The fourth-order valence-corrected chi connectivity index (χ4v) is 1.83. The topological polar surface area (TPSA) is 27.0 Å². The molecule has 0 N–H and O–H groups in total. The summed E-state index contributed by atoms with van der Waals surface area (Å²) in [5.74, 6) is 0.926. The second-order valence-electron chi connectivity index (χ2n) is 4.14. The predicted octanol–water partition coefficient (Wildman–Crippen LogP) is 2.41. The number of unbranched alkanes of at least 4 members (excludes halogenated alkanes) is 2. The van der Waals surface area contributed by atoms with Crippen molar-refractivity contribution in [1.29, 1.82) is 5.26 Å². The molecule has 0 aliphatic carbocycles. The van der Waals surface area contributed by atoms with Crippen LogP contribution in [0.5, 0.6) is 0 Å². The molecule has 0 radical (unpaired) electrons. The molecule has 1 fully saturated rings. The normalized spacial score (nSPS) is 20.0. The molecule has 0 spiro atoms. The number of likely N-dealkylation sites (tertiary alicyclic amines) is 1. The number of rotatable bonds is 4. The molecule has 2 nitrogen and oxygen atoms in total. The van der Waals surface area contributed by atoms with Crippen molar-refractivity contribution in [3.63, 3.8) is 0 Å². The standard InChI is InChI=1S/C11H20N2/c1-11-5-9-13(10-6-11)8-4-2-3-7-12/h11H,2-6,8-10H2,1H3. The van der Waals surface area contributed by atoms with Gasteiger partial charge in [-0.15, -0.1) is 0 Å². The van der Waals surface area contributed by atoms with Gasteiger partial charge in [-0.2, -0.15) is 5.26 Å². The fourth-order valence-electron chi connectivity index (χ4n) is 1.83. The van der Waals surface area contributed by atoms with Crippen LogP contribution in [0.25, 0.3) is 0 Å². The Morgan fingerprint density at radius 1 is 1.31 bits per heavy atom. The Hall–Kier alpha value is -0.550. The first-order valence-electron chi connectivity index (χ1n) is 5.42. The lowest BCUT2D eigenvalue weighted by Gasteiger charge is -2.29. The van der Waals surface area contributed by atoms with E-state index >= 15 is 0 Å². The molecule has 0 bridgehead atoms. The summed E-state index contributed by atoms with van der Waals surface area (Å²) in [7, 11) is 0. The van der Waals surface area contributed by atoms with Crippen LogP contribution in [-0.2, 0) is 0 Å². The summed E-state index contributed by atoms with van der Waals surface area (Å²) in [4.78, 5) is 2.54. The molecule has 0 aromatic rings. The zero-order valence-corrected chi connectivity index (χ0v) is 8.63. The fraction of sp³-hybridized carbons (Fsp3) is 0.909. The van der Waals surface area contributed by atoms with Gasteiger partial charge in [0.25, 0.3) is 0 Å². The van der Waals surface area contributed by atoms with Crippen LogP contribution in [0, 0.1) is 17.2 Å². The highest BCUT2D eigenvalue weighted by atomic mass is 15.1. The Kier molecular flexibility index (Phi) is 4.85. The van der Waals surface area contributed by atoms with Gasteiger partial charge < -0.3 is 4.90 Å². The van der Waals surface area contributed by atoms with Gasteiger partial charge in [-0.05, 0) is 51.2 Å². The van der Waals surface area contributed by atoms with E-state index < -0.39 is 0 Å². The third-order valence-corrected chi connectivity index (χ3v) is 2.89. The van der Waals surface area contributed by atoms with Gasteiger partial charge in [0.2, 0.25) is 0 Å². The highest BCUT2D eigenvalue weighted by Gasteiger charge is 2.14. The largest absolute Gasteiger partial charge is 0.303 e. The number of hydrogen-bond donors (Lipinski definition) is 0. The molecule has 0 aromatic carbocycles. The molecular weight excluding hydrogens is 160 g/mol. The second kappa shape index (κ2) is 5.99. The van der Waals surface area contributed by atoms with Crippen molar-refractivity contribution in [2.24, 2.45) is 5.92 Å². The van der Waals surface area contributed by atoms with E-state index in [4.69, 9.17) is 5.26 Å². The molecule has 1 rings (SSSR count). The van der Waals surface area contributed by atoms with Gasteiger partial charge in [0.1, 0.15) is 0 Å². The van der Waals surface area contributed by atoms with Crippen LogP contribution in [-0.4, -0.2) is 24.5 Å². The monoisotopic (exact) mass is 180 g/mol. The van der Waals surface area contributed by atoms with Crippen LogP contribution in [0.15, 0.2) is 0 Å². The van der Waals surface area contributed by atoms with Crippen LogP contribution in [0.1, 0.15) is 39.0 Å². The highest BCUT2D eigenvalue weighted by Crippen LogP contribution is 2.16. The van der Waals surface area contributed by atoms with Gasteiger partial charge in [-0.25, -0.2) is 0 Å². The zero-order valence-electron chi connectivity index (χ0n) is 8.63. The molecule has 0 amide bonds. The van der Waals surface area contributed by atoms with Crippen molar-refractivity contribution in [1.82, 2.24) is 4.90 Å². The highest BCUT2D eigenvalue weighted by molar-refractivity contribution is 4.71. The molecular formula is C11H20N2. The van der Waals surface area contributed by atoms with Crippen LogP contribution in [0.4, 0.5) is 0 Å². The van der Waals surface area contributed by atoms with Gasteiger partial charge in [0.05, 0.1) is 6.07 Å². The first-order valence-corrected chi connectivity index (χ1v) is 5.42. The van der Waals surface area contributed by atoms with E-state index in [2.05, 4.69) is 17.9 Å². The minimum Gasteiger partial charge on any atom is -0.303 e. The van der Waals surface area contributed by atoms with Crippen molar-refractivity contribution < 1.29 is 0 Å². The van der Waals surface area contributed by atoms with E-state index in [1.807, 2.05) is 0 Å². The van der Waals surface area contributed by atoms with Crippen molar-refractivity contribution in [2.45, 2.75) is 39.0 Å². The summed E-state index contributed by atoms with van der Waals surface area (Å²) in [6, 6.07) is 2.19. The van der Waals surface area contributed by atoms with E-state index in [1.54, 1.807) is 0 Å². The Bertz CT molecular complexity index is 163. The molecule has 0 saturated carbocycles. The van der Waals surface area contributed by atoms with E-state index in [9.17, 15) is 0 Å². The van der Waals surface area contributed by atoms with E-state index in [0.29, 0.717) is 0 Å². The third kappa shape index (κ3) is 4.28. The van der Waals surface area contributed by atoms with Gasteiger partial charge in [-0.1, -0.05) is 6.92 Å². The number of nitriles is 1. The van der Waals surface area contributed by atoms with E-state index in [-0.39, 0.29) is 0 Å². The smallest absolute Gasteiger partial charge is 0.0621 e. The minimum absolute atomic E-state index is 0.726. The van der Waals surface area contributed by atoms with Crippen molar-refractivity contribution in [3.8, 4) is 6.07 Å². The molecule has 2 heteroatoms. The summed E-state index contributed by atoms with van der Waals surface area (Å²) in [6.45, 7) is 6.09. The summed E-state index contributed by atoms with van der Waals surface area (Å²) in [5.41, 5.74) is 0. The first-order chi connectivity index (χ1) is 6.33. The number of hydrogen-bond acceptors (Lipinski definition) is 2. The van der Waals surface area contributed by atoms with Gasteiger partial charge in [-0.3, -0.25) is 0 Å². The average molecular weight is 180 g/mol. The van der Waals surface area contributed by atoms with Crippen molar-refractivity contribution >= 4 is 0 Å². The maximum atomic E-state index is 8.37. The van der Waals surface area contributed by atoms with Crippen molar-refractivity contribution in [3.05, 3.63) is 0 Å². The molecule has 1 saturated heterocycles. The lowest BCUT2D eigenvalue weighted by Crippen LogP contribution is -2.33. The van der Waals surface area contributed by atoms with Gasteiger partial charge >= 0.3 is 0 Å². The summed E-state index contributed by atoms with van der Waals surface area (Å²) >= 11 is 0. The summed E-state index contributed by atoms with van der Waals surface area (Å²) in [6.07, 6.45) is 5.71. The Morgan fingerprint density at radius 3 is 2.62 bits per heavy atom. The SMILES string of the molecule is CC1CCN(CCCCC#N)CC1. The van der Waals surface area contributed by atoms with Crippen LogP contribution >= 0.6 is 0 Å². The maximum Gasteiger partial charge on any atom is 0.0621 e. The van der Waals surface area contributed by atoms with Gasteiger partial charge in [0.15, 0.2) is 0 Å². The number of piperidine rings is 1. The molecule has 1 aliphatic heterocycles. The molecule has 13 heavy (non-hydrogen) atoms. The molecule has 0 atom stereocenters. The first kappa shape index (κ1) is 10.5. The van der Waals surface area contributed by atoms with Crippen LogP contribution in [0.3, 0.4) is 0 Å². The predicted molar refractivity (Wildman–Crippen MR) is 54.3 cm³/mol. The molecule has 1 aliphatic rings. The lowest BCUT2D eigenvalue weighted by molar-refractivity contribution is 0.190. The Labute approximate surface area is 81.5 Å². The lowest BCUT2D eigenvalue weighted by atomic mass is 9.99. The van der Waals surface area contributed by atoms with Gasteiger partial charge in [0, 0.05) is 6.42 Å². The van der Waals surface area contributed by atoms with Crippen LogP contribution in [0.2, 0.25) is 0 Å².